The fourth-order valence-electron chi connectivity index (χ4n) is 4.18. The van der Waals surface area contributed by atoms with Gasteiger partial charge < -0.3 is 9.30 Å². The van der Waals surface area contributed by atoms with Crippen LogP contribution in [0.4, 0.5) is 0 Å². The Labute approximate surface area is 188 Å². The summed E-state index contributed by atoms with van der Waals surface area (Å²) in [5.74, 6) is 0.205. The summed E-state index contributed by atoms with van der Waals surface area (Å²) in [6, 6.07) is 20.1. The molecule has 0 unspecified atom stereocenters. The standard InChI is InChI=1S/C27H27N3O2/c1-17-10-18(2)12-24(11-17)30-19(3)13-23(20(30)4)16-28-29-27(31)25-14-21-8-6-7-9-22(21)15-26(25)32-5/h6-16H,1-5H3,(H,29,31). The van der Waals surface area contributed by atoms with Gasteiger partial charge in [0.15, 0.2) is 0 Å². The van der Waals surface area contributed by atoms with Crippen LogP contribution in [0.5, 0.6) is 5.75 Å². The van der Waals surface area contributed by atoms with Gasteiger partial charge in [0.05, 0.1) is 18.9 Å². The van der Waals surface area contributed by atoms with Crippen LogP contribution in [-0.2, 0) is 0 Å². The van der Waals surface area contributed by atoms with Crippen LogP contribution in [-0.4, -0.2) is 23.8 Å². The fourth-order valence-corrected chi connectivity index (χ4v) is 4.18. The normalized spacial score (nSPS) is 11.3. The lowest BCUT2D eigenvalue weighted by atomic mass is 10.1. The number of aryl methyl sites for hydroxylation is 3. The van der Waals surface area contributed by atoms with E-state index in [4.69, 9.17) is 4.74 Å². The molecule has 5 heteroatoms. The first-order valence-electron chi connectivity index (χ1n) is 10.5. The van der Waals surface area contributed by atoms with Gasteiger partial charge in [-0.2, -0.15) is 5.10 Å². The molecule has 4 rings (SSSR count). The second-order valence-corrected chi connectivity index (χ2v) is 8.11. The van der Waals surface area contributed by atoms with Gasteiger partial charge in [0, 0.05) is 22.6 Å². The number of hydrogen-bond acceptors (Lipinski definition) is 3. The molecule has 5 nitrogen and oxygen atoms in total. The van der Waals surface area contributed by atoms with E-state index in [2.05, 4.69) is 67.1 Å². The number of amides is 1. The van der Waals surface area contributed by atoms with E-state index >= 15 is 0 Å². The third-order valence-electron chi connectivity index (χ3n) is 5.62. The average Bonchev–Trinajstić information content (AvgIpc) is 3.04. The van der Waals surface area contributed by atoms with E-state index in [1.54, 1.807) is 13.3 Å². The number of nitrogens with one attached hydrogen (secondary N) is 1. The summed E-state index contributed by atoms with van der Waals surface area (Å²) >= 11 is 0. The average molecular weight is 426 g/mol. The summed E-state index contributed by atoms with van der Waals surface area (Å²) in [5, 5.41) is 6.21. The number of rotatable bonds is 5. The molecular weight excluding hydrogens is 398 g/mol. The molecule has 0 bridgehead atoms. The van der Waals surface area contributed by atoms with Crippen molar-refractivity contribution in [3.63, 3.8) is 0 Å². The van der Waals surface area contributed by atoms with E-state index in [-0.39, 0.29) is 5.91 Å². The maximum absolute atomic E-state index is 12.8. The van der Waals surface area contributed by atoms with Gasteiger partial charge in [-0.1, -0.05) is 30.3 Å². The number of benzene rings is 3. The number of carbonyl (C=O) groups is 1. The van der Waals surface area contributed by atoms with Crippen LogP contribution in [0.1, 0.15) is 38.4 Å². The van der Waals surface area contributed by atoms with E-state index in [1.165, 1.54) is 11.1 Å². The van der Waals surface area contributed by atoms with Crippen molar-refractivity contribution in [2.24, 2.45) is 5.10 Å². The lowest BCUT2D eigenvalue weighted by molar-refractivity contribution is 0.0952. The maximum Gasteiger partial charge on any atom is 0.275 e. The second kappa shape index (κ2) is 8.71. The Kier molecular flexibility index (Phi) is 5.82. The molecule has 0 aliphatic heterocycles. The topological polar surface area (TPSA) is 55.6 Å². The van der Waals surface area contributed by atoms with E-state index < -0.39 is 0 Å². The predicted octanol–water partition coefficient (Wildman–Crippen LogP) is 5.64. The van der Waals surface area contributed by atoms with Crippen LogP contribution >= 0.6 is 0 Å². The number of hydrogen-bond donors (Lipinski definition) is 1. The van der Waals surface area contributed by atoms with Gasteiger partial charge in [0.1, 0.15) is 5.75 Å². The minimum atomic E-state index is -0.313. The van der Waals surface area contributed by atoms with Crippen LogP contribution in [0.3, 0.4) is 0 Å². The van der Waals surface area contributed by atoms with Gasteiger partial charge in [-0.25, -0.2) is 5.43 Å². The zero-order valence-electron chi connectivity index (χ0n) is 19.1. The zero-order valence-corrected chi connectivity index (χ0v) is 19.1. The highest BCUT2D eigenvalue weighted by Gasteiger charge is 2.14. The van der Waals surface area contributed by atoms with Crippen molar-refractivity contribution in [3.8, 4) is 11.4 Å². The largest absolute Gasteiger partial charge is 0.496 e. The Balaban J connectivity index is 1.59. The summed E-state index contributed by atoms with van der Waals surface area (Å²) in [6.07, 6.45) is 1.69. The highest BCUT2D eigenvalue weighted by Crippen LogP contribution is 2.26. The van der Waals surface area contributed by atoms with Crippen molar-refractivity contribution in [3.05, 3.63) is 94.3 Å². The summed E-state index contributed by atoms with van der Waals surface area (Å²) in [4.78, 5) is 12.8. The summed E-state index contributed by atoms with van der Waals surface area (Å²) < 4.78 is 7.63. The van der Waals surface area contributed by atoms with Crippen molar-refractivity contribution in [1.29, 1.82) is 0 Å². The molecule has 162 valence electrons. The molecule has 0 saturated carbocycles. The molecule has 1 aromatic heterocycles. The van der Waals surface area contributed by atoms with E-state index in [0.717, 1.165) is 33.4 Å². The summed E-state index contributed by atoms with van der Waals surface area (Å²) in [5.41, 5.74) is 9.78. The number of hydrazone groups is 1. The van der Waals surface area contributed by atoms with Gasteiger partial charge in [0.25, 0.3) is 5.91 Å². The lowest BCUT2D eigenvalue weighted by Crippen LogP contribution is -2.18. The molecule has 1 N–H and O–H groups in total. The summed E-state index contributed by atoms with van der Waals surface area (Å²) in [7, 11) is 1.56. The molecular formula is C27H27N3O2. The molecule has 0 radical (unpaired) electrons. The molecule has 0 aliphatic rings. The first-order chi connectivity index (χ1) is 15.4. The first kappa shape index (κ1) is 21.4. The fraction of sp³-hybridized carbons (Fsp3) is 0.185. The molecule has 1 heterocycles. The van der Waals surface area contributed by atoms with E-state index in [0.29, 0.717) is 11.3 Å². The highest BCUT2D eigenvalue weighted by atomic mass is 16.5. The van der Waals surface area contributed by atoms with Gasteiger partial charge in [-0.05, 0) is 79.9 Å². The Morgan fingerprint density at radius 2 is 1.59 bits per heavy atom. The Morgan fingerprint density at radius 3 is 2.25 bits per heavy atom. The lowest BCUT2D eigenvalue weighted by Gasteiger charge is -2.11. The minimum Gasteiger partial charge on any atom is -0.496 e. The summed E-state index contributed by atoms with van der Waals surface area (Å²) in [6.45, 7) is 8.33. The molecule has 4 aromatic rings. The number of ether oxygens (including phenoxy) is 1. The number of carbonyl (C=O) groups excluding carboxylic acids is 1. The van der Waals surface area contributed by atoms with Gasteiger partial charge in [0.2, 0.25) is 0 Å². The van der Waals surface area contributed by atoms with Gasteiger partial charge >= 0.3 is 0 Å². The smallest absolute Gasteiger partial charge is 0.275 e. The van der Waals surface area contributed by atoms with Gasteiger partial charge in [-0.3, -0.25) is 4.79 Å². The number of nitrogens with zero attached hydrogens (tertiary/aromatic N) is 2. The van der Waals surface area contributed by atoms with Gasteiger partial charge in [-0.15, -0.1) is 0 Å². The molecule has 0 fully saturated rings. The number of aromatic nitrogens is 1. The van der Waals surface area contributed by atoms with Crippen LogP contribution in [0.25, 0.3) is 16.5 Å². The van der Waals surface area contributed by atoms with Crippen molar-refractivity contribution in [2.45, 2.75) is 27.7 Å². The Morgan fingerprint density at radius 1 is 0.938 bits per heavy atom. The van der Waals surface area contributed by atoms with E-state index in [1.807, 2.05) is 36.4 Å². The predicted molar refractivity (Wildman–Crippen MR) is 130 cm³/mol. The monoisotopic (exact) mass is 425 g/mol. The Bertz CT molecular complexity index is 1330. The highest BCUT2D eigenvalue weighted by molar-refractivity contribution is 6.02. The second-order valence-electron chi connectivity index (χ2n) is 8.11. The van der Waals surface area contributed by atoms with Crippen LogP contribution in [0.15, 0.2) is 65.8 Å². The molecule has 0 aliphatic carbocycles. The molecule has 1 amide bonds. The van der Waals surface area contributed by atoms with Crippen molar-refractivity contribution in [2.75, 3.05) is 7.11 Å². The van der Waals surface area contributed by atoms with Crippen LogP contribution in [0, 0.1) is 27.7 Å². The molecule has 0 atom stereocenters. The molecule has 32 heavy (non-hydrogen) atoms. The Hall–Kier alpha value is -3.86. The zero-order chi connectivity index (χ0) is 22.8. The maximum atomic E-state index is 12.8. The first-order valence-corrected chi connectivity index (χ1v) is 10.5. The minimum absolute atomic E-state index is 0.313. The van der Waals surface area contributed by atoms with Crippen molar-refractivity contribution >= 4 is 22.9 Å². The SMILES string of the molecule is COc1cc2ccccc2cc1C(=O)NN=Cc1cc(C)n(-c2cc(C)cc(C)c2)c1C. The third kappa shape index (κ3) is 4.14. The van der Waals surface area contributed by atoms with Crippen LogP contribution < -0.4 is 10.2 Å². The third-order valence-corrected chi connectivity index (χ3v) is 5.62. The number of methoxy groups -OCH3 is 1. The van der Waals surface area contributed by atoms with Crippen molar-refractivity contribution < 1.29 is 9.53 Å². The van der Waals surface area contributed by atoms with Crippen molar-refractivity contribution in [1.82, 2.24) is 9.99 Å². The quantitative estimate of drug-likeness (QED) is 0.332. The van der Waals surface area contributed by atoms with E-state index in [9.17, 15) is 4.79 Å². The molecule has 0 saturated heterocycles. The number of fused-ring (bicyclic) bond motifs is 1. The van der Waals surface area contributed by atoms with Crippen LogP contribution in [0.2, 0.25) is 0 Å². The molecule has 0 spiro atoms. The molecule has 3 aromatic carbocycles.